The first-order chi connectivity index (χ1) is 9.14. The Balaban J connectivity index is 4.35. The van der Waals surface area contributed by atoms with Gasteiger partial charge in [0.1, 0.15) is 0 Å². The lowest BCUT2D eigenvalue weighted by atomic mass is 9.99. The van der Waals surface area contributed by atoms with Crippen molar-refractivity contribution < 1.29 is 0 Å². The van der Waals surface area contributed by atoms with Gasteiger partial charge in [0.15, 0.2) is 5.11 Å². The zero-order valence-corrected chi connectivity index (χ0v) is 13.0. The SMILES string of the molecule is C#CCCCNC(=S)NC(CNC)(CNC)CNC. The maximum absolute atomic E-state index is 5.34. The highest BCUT2D eigenvalue weighted by molar-refractivity contribution is 7.80. The minimum Gasteiger partial charge on any atom is -0.363 e. The van der Waals surface area contributed by atoms with E-state index >= 15 is 0 Å². The Morgan fingerprint density at radius 2 is 1.63 bits per heavy atom. The van der Waals surface area contributed by atoms with Crippen molar-refractivity contribution in [2.45, 2.75) is 18.4 Å². The Morgan fingerprint density at radius 3 is 2.05 bits per heavy atom. The fourth-order valence-corrected chi connectivity index (χ4v) is 2.33. The molecule has 0 amide bonds. The smallest absolute Gasteiger partial charge is 0.166 e. The summed E-state index contributed by atoms with van der Waals surface area (Å²) >= 11 is 5.34. The van der Waals surface area contributed by atoms with Crippen LogP contribution in [0.3, 0.4) is 0 Å². The Labute approximate surface area is 122 Å². The first-order valence-electron chi connectivity index (χ1n) is 6.57. The zero-order valence-electron chi connectivity index (χ0n) is 12.2. The normalized spacial score (nSPS) is 10.8. The number of rotatable bonds is 10. The molecule has 0 radical (unpaired) electrons. The Bertz CT molecular complexity index is 270. The van der Waals surface area contributed by atoms with Gasteiger partial charge in [0.05, 0.1) is 5.54 Å². The molecule has 0 aliphatic rings. The van der Waals surface area contributed by atoms with Crippen molar-refractivity contribution in [1.29, 1.82) is 0 Å². The highest BCUT2D eigenvalue weighted by atomic mass is 32.1. The summed E-state index contributed by atoms with van der Waals surface area (Å²) in [7, 11) is 5.81. The first kappa shape index (κ1) is 18.1. The zero-order chi connectivity index (χ0) is 14.6. The molecule has 0 atom stereocenters. The van der Waals surface area contributed by atoms with Crippen molar-refractivity contribution >= 4 is 17.3 Å². The van der Waals surface area contributed by atoms with Crippen molar-refractivity contribution in [3.63, 3.8) is 0 Å². The van der Waals surface area contributed by atoms with Crippen molar-refractivity contribution in [2.24, 2.45) is 0 Å². The standard InChI is InChI=1S/C13H27N5S/c1-5-6-7-8-17-12(19)18-13(9-14-2,10-15-3)11-16-4/h1,14-16H,6-11H2,2-4H3,(H2,17,18,19). The second-order valence-corrected chi connectivity index (χ2v) is 4.97. The van der Waals surface area contributed by atoms with E-state index in [2.05, 4.69) is 32.5 Å². The van der Waals surface area contributed by atoms with Gasteiger partial charge in [-0.25, -0.2) is 0 Å². The number of unbranched alkanes of at least 4 members (excludes halogenated alkanes) is 1. The Kier molecular flexibility index (Phi) is 10.5. The molecule has 6 heteroatoms. The molecule has 5 N–H and O–H groups in total. The van der Waals surface area contributed by atoms with Crippen molar-refractivity contribution in [1.82, 2.24) is 26.6 Å². The minimum absolute atomic E-state index is 0.158. The fraction of sp³-hybridized carbons (Fsp3) is 0.769. The Morgan fingerprint density at radius 1 is 1.11 bits per heavy atom. The van der Waals surface area contributed by atoms with Crippen molar-refractivity contribution in [3.8, 4) is 12.3 Å². The second kappa shape index (κ2) is 11.0. The van der Waals surface area contributed by atoms with Crippen LogP contribution in [0.2, 0.25) is 0 Å². The van der Waals surface area contributed by atoms with E-state index in [-0.39, 0.29) is 5.54 Å². The van der Waals surface area contributed by atoms with Gasteiger partial charge in [0, 0.05) is 32.6 Å². The lowest BCUT2D eigenvalue weighted by Crippen LogP contribution is -2.65. The van der Waals surface area contributed by atoms with E-state index in [1.165, 1.54) is 0 Å². The molecule has 19 heavy (non-hydrogen) atoms. The van der Waals surface area contributed by atoms with Gasteiger partial charge in [-0.2, -0.15) is 0 Å². The van der Waals surface area contributed by atoms with Crippen LogP contribution in [0.5, 0.6) is 0 Å². The van der Waals surface area contributed by atoms with Gasteiger partial charge in [0.2, 0.25) is 0 Å². The van der Waals surface area contributed by atoms with Crippen LogP contribution in [0.4, 0.5) is 0 Å². The molecule has 0 unspecified atom stereocenters. The van der Waals surface area contributed by atoms with E-state index in [1.807, 2.05) is 21.1 Å². The van der Waals surface area contributed by atoms with Crippen LogP contribution in [-0.4, -0.2) is 58.0 Å². The second-order valence-electron chi connectivity index (χ2n) is 4.56. The summed E-state index contributed by atoms with van der Waals surface area (Å²) < 4.78 is 0. The molecule has 0 aromatic heterocycles. The van der Waals surface area contributed by atoms with Gasteiger partial charge in [-0.1, -0.05) is 0 Å². The molecule has 0 spiro atoms. The predicted molar refractivity (Wildman–Crippen MR) is 86.3 cm³/mol. The lowest BCUT2D eigenvalue weighted by molar-refractivity contribution is 0.341. The van der Waals surface area contributed by atoms with Gasteiger partial charge >= 0.3 is 0 Å². The van der Waals surface area contributed by atoms with Crippen LogP contribution in [0.15, 0.2) is 0 Å². The highest BCUT2D eigenvalue weighted by Gasteiger charge is 2.28. The first-order valence-corrected chi connectivity index (χ1v) is 6.98. The molecule has 0 saturated carbocycles. The quantitative estimate of drug-likeness (QED) is 0.207. The number of hydrogen-bond acceptors (Lipinski definition) is 4. The third-order valence-corrected chi connectivity index (χ3v) is 2.95. The van der Waals surface area contributed by atoms with E-state index in [9.17, 15) is 0 Å². The van der Waals surface area contributed by atoms with E-state index < -0.39 is 0 Å². The molecule has 0 aliphatic heterocycles. The molecule has 0 saturated heterocycles. The molecule has 0 aromatic rings. The monoisotopic (exact) mass is 285 g/mol. The van der Waals surface area contributed by atoms with Crippen LogP contribution in [0.1, 0.15) is 12.8 Å². The highest BCUT2D eigenvalue weighted by Crippen LogP contribution is 2.01. The fourth-order valence-electron chi connectivity index (χ4n) is 2.01. The largest absolute Gasteiger partial charge is 0.363 e. The van der Waals surface area contributed by atoms with E-state index in [0.29, 0.717) is 5.11 Å². The molecule has 5 nitrogen and oxygen atoms in total. The number of likely N-dealkylation sites (N-methyl/N-ethyl adjacent to an activating group) is 3. The lowest BCUT2D eigenvalue weighted by Gasteiger charge is -2.35. The summed E-state index contributed by atoms with van der Waals surface area (Å²) in [5, 5.41) is 16.9. The number of hydrogen-bond donors (Lipinski definition) is 5. The van der Waals surface area contributed by atoms with Crippen molar-refractivity contribution in [2.75, 3.05) is 47.3 Å². The summed E-state index contributed by atoms with van der Waals surface area (Å²) in [6.45, 7) is 3.22. The van der Waals surface area contributed by atoms with Crippen LogP contribution in [0, 0.1) is 12.3 Å². The van der Waals surface area contributed by atoms with Gasteiger partial charge in [-0.3, -0.25) is 0 Å². The van der Waals surface area contributed by atoms with Gasteiger partial charge in [0.25, 0.3) is 0 Å². The molecule has 0 fully saturated rings. The average Bonchev–Trinajstić information content (AvgIpc) is 2.35. The van der Waals surface area contributed by atoms with E-state index in [4.69, 9.17) is 18.6 Å². The Hall–Kier alpha value is -0.870. The predicted octanol–water partition coefficient (Wildman–Crippen LogP) is -0.739. The molecular formula is C13H27N5S. The van der Waals surface area contributed by atoms with Crippen molar-refractivity contribution in [3.05, 3.63) is 0 Å². The molecule has 0 rings (SSSR count). The molecule has 0 bridgehead atoms. The average molecular weight is 285 g/mol. The maximum Gasteiger partial charge on any atom is 0.166 e. The maximum atomic E-state index is 5.34. The van der Waals surface area contributed by atoms with Gasteiger partial charge in [-0.15, -0.1) is 12.3 Å². The van der Waals surface area contributed by atoms with E-state index in [1.54, 1.807) is 0 Å². The topological polar surface area (TPSA) is 60.1 Å². The molecule has 110 valence electrons. The summed E-state index contributed by atoms with van der Waals surface area (Å²) in [4.78, 5) is 0. The summed E-state index contributed by atoms with van der Waals surface area (Å²) in [6.07, 6.45) is 6.91. The third kappa shape index (κ3) is 8.01. The third-order valence-electron chi connectivity index (χ3n) is 2.71. The number of nitrogens with one attached hydrogen (secondary N) is 5. The van der Waals surface area contributed by atoms with Crippen LogP contribution in [0.25, 0.3) is 0 Å². The van der Waals surface area contributed by atoms with Crippen LogP contribution >= 0.6 is 12.2 Å². The number of terminal acetylenes is 1. The summed E-state index contributed by atoms with van der Waals surface area (Å²) in [6, 6.07) is 0. The van der Waals surface area contributed by atoms with Crippen LogP contribution in [-0.2, 0) is 0 Å². The summed E-state index contributed by atoms with van der Waals surface area (Å²) in [5.41, 5.74) is -0.158. The molecule has 0 aliphatic carbocycles. The molecular weight excluding hydrogens is 258 g/mol. The summed E-state index contributed by atoms with van der Waals surface area (Å²) in [5.74, 6) is 2.62. The molecule has 0 heterocycles. The van der Waals surface area contributed by atoms with Gasteiger partial charge < -0.3 is 26.6 Å². The van der Waals surface area contributed by atoms with E-state index in [0.717, 1.165) is 39.0 Å². The molecule has 0 aromatic carbocycles. The van der Waals surface area contributed by atoms with Gasteiger partial charge in [-0.05, 0) is 39.8 Å². The minimum atomic E-state index is -0.158. The van der Waals surface area contributed by atoms with Crippen LogP contribution < -0.4 is 26.6 Å². The number of thiocarbonyl (C=S) groups is 1.